The molecule has 10 heteroatoms. The summed E-state index contributed by atoms with van der Waals surface area (Å²) in [5, 5.41) is 10.8. The van der Waals surface area contributed by atoms with Crippen LogP contribution >= 0.6 is 47.2 Å². The molecule has 1 atom stereocenters. The number of hydrogen-bond donors (Lipinski definition) is 3. The molecule has 1 unspecified atom stereocenters. The van der Waals surface area contributed by atoms with E-state index in [1.165, 1.54) is 0 Å². The lowest BCUT2D eigenvalue weighted by Crippen LogP contribution is -2.45. The second-order valence-corrected chi connectivity index (χ2v) is 7.58. The summed E-state index contributed by atoms with van der Waals surface area (Å²) in [6.07, 6.45) is 2.47. The summed E-state index contributed by atoms with van der Waals surface area (Å²) in [4.78, 5) is 22.8. The Balaban J connectivity index is 0.00000392. The van der Waals surface area contributed by atoms with Gasteiger partial charge in [0, 0.05) is 44.3 Å². The Labute approximate surface area is 194 Å². The molecule has 7 nitrogen and oxygen atoms in total. The normalized spacial score (nSPS) is 16.7. The number of nitrogens with zero attached hydrogens (tertiary/aromatic N) is 3. The van der Waals surface area contributed by atoms with Crippen LogP contribution in [0.5, 0.6) is 0 Å². The van der Waals surface area contributed by atoms with Gasteiger partial charge in [0.2, 0.25) is 5.91 Å². The number of pyridine rings is 1. The maximum Gasteiger partial charge on any atom is 0.225 e. The Morgan fingerprint density at radius 2 is 2.18 bits per heavy atom. The highest BCUT2D eigenvalue weighted by molar-refractivity contribution is 14.0. The Morgan fingerprint density at radius 3 is 2.82 bits per heavy atom. The summed E-state index contributed by atoms with van der Waals surface area (Å²) >= 11 is 11.9. The predicted octanol–water partition coefficient (Wildman–Crippen LogP) is 3.23. The van der Waals surface area contributed by atoms with Crippen LogP contribution in [0.4, 0.5) is 5.82 Å². The molecule has 0 bridgehead atoms. The molecule has 1 saturated heterocycles. The summed E-state index contributed by atoms with van der Waals surface area (Å²) in [5.74, 6) is 1.58. The van der Waals surface area contributed by atoms with Crippen molar-refractivity contribution in [3.8, 4) is 0 Å². The number of carbonyl (C=O) groups excluding carboxylic acids is 1. The maximum absolute atomic E-state index is 12.1. The largest absolute Gasteiger partial charge is 0.367 e. The predicted molar refractivity (Wildman–Crippen MR) is 127 cm³/mol. The average Bonchev–Trinajstić information content (AvgIpc) is 3.08. The highest BCUT2D eigenvalue weighted by Gasteiger charge is 2.27. The van der Waals surface area contributed by atoms with Crippen molar-refractivity contribution in [2.45, 2.75) is 33.2 Å². The first-order valence-corrected chi connectivity index (χ1v) is 10.0. The van der Waals surface area contributed by atoms with E-state index in [1.807, 2.05) is 25.7 Å². The van der Waals surface area contributed by atoms with Crippen molar-refractivity contribution < 1.29 is 4.79 Å². The number of aliphatic imine (C=N–C) groups is 1. The van der Waals surface area contributed by atoms with E-state index in [1.54, 1.807) is 12.3 Å². The minimum absolute atomic E-state index is 0. The SMILES string of the molecule is CCNC(=NCCNc1ncc(Cl)cc1Cl)NC1CCN(C(=O)C(C)C)C1.I. The highest BCUT2D eigenvalue weighted by Crippen LogP contribution is 2.22. The zero-order chi connectivity index (χ0) is 19.8. The molecule has 1 fully saturated rings. The van der Waals surface area contributed by atoms with E-state index in [2.05, 4.69) is 25.9 Å². The first-order chi connectivity index (χ1) is 12.9. The van der Waals surface area contributed by atoms with Crippen molar-refractivity contribution in [2.24, 2.45) is 10.9 Å². The van der Waals surface area contributed by atoms with Crippen molar-refractivity contribution in [1.82, 2.24) is 20.5 Å². The van der Waals surface area contributed by atoms with Crippen molar-refractivity contribution >= 4 is 64.9 Å². The number of guanidine groups is 1. The lowest BCUT2D eigenvalue weighted by molar-refractivity contribution is -0.133. The maximum atomic E-state index is 12.1. The third-order valence-corrected chi connectivity index (χ3v) is 4.66. The molecule has 1 amide bonds. The number of nitrogens with one attached hydrogen (secondary N) is 3. The van der Waals surface area contributed by atoms with Gasteiger partial charge in [0.05, 0.1) is 16.6 Å². The molecule has 0 aromatic carbocycles. The average molecular weight is 543 g/mol. The molecule has 0 aliphatic carbocycles. The van der Waals surface area contributed by atoms with Crippen molar-refractivity contribution in [2.75, 3.05) is 38.0 Å². The van der Waals surface area contributed by atoms with E-state index in [4.69, 9.17) is 23.2 Å². The zero-order valence-corrected chi connectivity index (χ0v) is 20.3. The summed E-state index contributed by atoms with van der Waals surface area (Å²) in [6.45, 7) is 9.30. The number of halogens is 3. The molecular formula is C18H29Cl2IN6O. The Morgan fingerprint density at radius 1 is 1.43 bits per heavy atom. The topological polar surface area (TPSA) is 81.7 Å². The summed E-state index contributed by atoms with van der Waals surface area (Å²) in [7, 11) is 0. The first kappa shape index (κ1) is 25.0. The van der Waals surface area contributed by atoms with Gasteiger partial charge in [-0.05, 0) is 19.4 Å². The van der Waals surface area contributed by atoms with Gasteiger partial charge < -0.3 is 20.9 Å². The molecule has 0 radical (unpaired) electrons. The second kappa shape index (κ2) is 12.5. The van der Waals surface area contributed by atoms with Crippen LogP contribution in [0.15, 0.2) is 17.3 Å². The fraction of sp³-hybridized carbons (Fsp3) is 0.611. The molecule has 2 heterocycles. The molecule has 0 spiro atoms. The van der Waals surface area contributed by atoms with Crippen molar-refractivity contribution in [1.29, 1.82) is 0 Å². The number of aromatic nitrogens is 1. The second-order valence-electron chi connectivity index (χ2n) is 6.74. The van der Waals surface area contributed by atoms with Crippen molar-refractivity contribution in [3.05, 3.63) is 22.3 Å². The van der Waals surface area contributed by atoms with Gasteiger partial charge >= 0.3 is 0 Å². The monoisotopic (exact) mass is 542 g/mol. The van der Waals surface area contributed by atoms with E-state index < -0.39 is 0 Å². The third-order valence-electron chi connectivity index (χ3n) is 4.16. The van der Waals surface area contributed by atoms with Crippen LogP contribution < -0.4 is 16.0 Å². The van der Waals surface area contributed by atoms with Crippen LogP contribution in [-0.2, 0) is 4.79 Å². The van der Waals surface area contributed by atoms with Crippen LogP contribution in [0.2, 0.25) is 10.0 Å². The Kier molecular flexibility index (Phi) is 11.2. The Hall–Kier alpha value is -1.000. The van der Waals surface area contributed by atoms with Gasteiger partial charge in [-0.25, -0.2) is 4.98 Å². The van der Waals surface area contributed by atoms with Crippen molar-refractivity contribution in [3.63, 3.8) is 0 Å². The van der Waals surface area contributed by atoms with Gasteiger partial charge in [-0.2, -0.15) is 0 Å². The van der Waals surface area contributed by atoms with Crippen LogP contribution in [-0.4, -0.2) is 60.5 Å². The molecule has 3 N–H and O–H groups in total. The quantitative estimate of drug-likeness (QED) is 0.213. The van der Waals surface area contributed by atoms with E-state index in [-0.39, 0.29) is 41.8 Å². The van der Waals surface area contributed by atoms with Crippen LogP contribution in [0, 0.1) is 5.92 Å². The van der Waals surface area contributed by atoms with E-state index in [9.17, 15) is 4.79 Å². The lowest BCUT2D eigenvalue weighted by atomic mass is 10.2. The molecule has 1 aromatic heterocycles. The van der Waals surface area contributed by atoms with E-state index >= 15 is 0 Å². The number of anilines is 1. The van der Waals surface area contributed by atoms with Gasteiger partial charge in [0.15, 0.2) is 5.96 Å². The first-order valence-electron chi connectivity index (χ1n) is 9.29. The molecule has 28 heavy (non-hydrogen) atoms. The molecule has 1 aromatic rings. The van der Waals surface area contributed by atoms with Gasteiger partial charge in [-0.1, -0.05) is 37.0 Å². The molecule has 2 rings (SSSR count). The number of hydrogen-bond acceptors (Lipinski definition) is 4. The van der Waals surface area contributed by atoms with E-state index in [0.29, 0.717) is 35.5 Å². The van der Waals surface area contributed by atoms with Crippen LogP contribution in [0.3, 0.4) is 0 Å². The number of likely N-dealkylation sites (tertiary alicyclic amines) is 1. The van der Waals surface area contributed by atoms with Gasteiger partial charge in [-0.15, -0.1) is 24.0 Å². The van der Waals surface area contributed by atoms with Crippen LogP contribution in [0.25, 0.3) is 0 Å². The van der Waals surface area contributed by atoms with Crippen LogP contribution in [0.1, 0.15) is 27.2 Å². The van der Waals surface area contributed by atoms with E-state index in [0.717, 1.165) is 25.5 Å². The Bertz CT molecular complexity index is 673. The molecule has 1 aliphatic rings. The smallest absolute Gasteiger partial charge is 0.225 e. The fourth-order valence-corrected chi connectivity index (χ4v) is 3.29. The summed E-state index contributed by atoms with van der Waals surface area (Å²) < 4.78 is 0. The fourth-order valence-electron chi connectivity index (χ4n) is 2.84. The molecule has 158 valence electrons. The summed E-state index contributed by atoms with van der Waals surface area (Å²) in [6, 6.07) is 1.86. The zero-order valence-electron chi connectivity index (χ0n) is 16.5. The molecule has 1 aliphatic heterocycles. The molecular weight excluding hydrogens is 514 g/mol. The van der Waals surface area contributed by atoms with Gasteiger partial charge in [-0.3, -0.25) is 9.79 Å². The highest BCUT2D eigenvalue weighted by atomic mass is 127. The lowest BCUT2D eigenvalue weighted by Gasteiger charge is -2.20. The number of carbonyl (C=O) groups is 1. The number of rotatable bonds is 7. The third kappa shape index (κ3) is 7.79. The van der Waals surface area contributed by atoms with Gasteiger partial charge in [0.1, 0.15) is 5.82 Å². The standard InChI is InChI=1S/C18H28Cl2N6O.HI/c1-4-21-18(25-14-5-8-26(11-14)17(27)12(2)3)23-7-6-22-16-15(20)9-13(19)10-24-16;/h9-10,12,14H,4-8,11H2,1-3H3,(H,22,24)(H2,21,23,25);1H. The minimum Gasteiger partial charge on any atom is -0.367 e. The molecule has 0 saturated carbocycles. The summed E-state index contributed by atoms with van der Waals surface area (Å²) in [5.41, 5.74) is 0. The number of amides is 1. The minimum atomic E-state index is 0. The van der Waals surface area contributed by atoms with Gasteiger partial charge in [0.25, 0.3) is 0 Å².